The van der Waals surface area contributed by atoms with E-state index in [2.05, 4.69) is 194 Å². The van der Waals surface area contributed by atoms with Crippen molar-refractivity contribution in [2.45, 2.75) is 19.3 Å². The van der Waals surface area contributed by atoms with Crippen molar-refractivity contribution >= 4 is 52.8 Å². The van der Waals surface area contributed by atoms with Crippen LogP contribution in [0.15, 0.2) is 176 Å². The first kappa shape index (κ1) is 30.6. The van der Waals surface area contributed by atoms with Gasteiger partial charge in [0.15, 0.2) is 0 Å². The fourth-order valence-corrected chi connectivity index (χ4v) is 20.1. The molecule has 0 bridgehead atoms. The quantitative estimate of drug-likeness (QED) is 0.169. The number of hydrogen-bond acceptors (Lipinski definition) is 2. The van der Waals surface area contributed by atoms with Gasteiger partial charge in [0.2, 0.25) is 0 Å². The second-order valence-corrected chi connectivity index (χ2v) is 22.6. The first-order valence-corrected chi connectivity index (χ1v) is 22.6. The van der Waals surface area contributed by atoms with Gasteiger partial charge in [0.25, 0.3) is 0 Å². The summed E-state index contributed by atoms with van der Waals surface area (Å²) in [6, 6.07) is 64.6. The van der Waals surface area contributed by atoms with Gasteiger partial charge in [-0.05, 0) is 0 Å². The molecule has 9 aromatic rings. The molecule has 3 nitrogen and oxygen atoms in total. The number of para-hydroxylation sites is 1. The van der Waals surface area contributed by atoms with Crippen molar-refractivity contribution in [1.82, 2.24) is 14.5 Å². The van der Waals surface area contributed by atoms with Crippen molar-refractivity contribution in [1.29, 1.82) is 0 Å². The molecule has 11 rings (SSSR count). The first-order valence-electron chi connectivity index (χ1n) is 18.4. The van der Waals surface area contributed by atoms with Crippen LogP contribution in [-0.2, 0) is 5.41 Å². The molecule has 7 aromatic carbocycles. The van der Waals surface area contributed by atoms with Crippen molar-refractivity contribution in [3.8, 4) is 39.5 Å². The molecular weight excluding hydrogens is 703 g/mol. The zero-order chi connectivity index (χ0) is 35.3. The van der Waals surface area contributed by atoms with Crippen LogP contribution in [0.1, 0.15) is 25.0 Å². The maximum atomic E-state index is 5.96. The Bertz CT molecular complexity index is 2870. The molecule has 0 saturated carbocycles. The summed E-state index contributed by atoms with van der Waals surface area (Å²) in [5.41, 5.74) is 11.9. The normalized spacial score (nSPS) is 14.5. The Morgan fingerprint density at radius 1 is 0.491 bits per heavy atom. The fraction of sp³-hybridized carbons (Fsp3) is 0.0612. The summed E-state index contributed by atoms with van der Waals surface area (Å²) in [6.07, 6.45) is 0. The second kappa shape index (κ2) is 11.2. The summed E-state index contributed by atoms with van der Waals surface area (Å²) in [6.45, 7) is 4.71. The van der Waals surface area contributed by atoms with Gasteiger partial charge in [-0.3, -0.25) is 0 Å². The van der Waals surface area contributed by atoms with Crippen LogP contribution in [0.3, 0.4) is 0 Å². The molecule has 250 valence electrons. The summed E-state index contributed by atoms with van der Waals surface area (Å²) in [5.74, 6) is 0.721. The molecular formula is C49H35GeN3. The number of rotatable bonds is 4. The van der Waals surface area contributed by atoms with E-state index in [4.69, 9.17) is 9.97 Å². The molecule has 0 unspecified atom stereocenters. The molecule has 1 aliphatic carbocycles. The van der Waals surface area contributed by atoms with Crippen LogP contribution in [0.2, 0.25) is 0 Å². The van der Waals surface area contributed by atoms with Gasteiger partial charge in [-0.25, -0.2) is 0 Å². The third-order valence-electron chi connectivity index (χ3n) is 11.9. The van der Waals surface area contributed by atoms with E-state index >= 15 is 0 Å². The van der Waals surface area contributed by atoms with Gasteiger partial charge in [-0.1, -0.05) is 0 Å². The van der Waals surface area contributed by atoms with Crippen LogP contribution in [-0.4, -0.2) is 27.8 Å². The molecule has 2 aromatic heterocycles. The third kappa shape index (κ3) is 4.06. The summed E-state index contributed by atoms with van der Waals surface area (Å²) in [7, 11) is 0. The molecule has 0 fully saturated rings. The van der Waals surface area contributed by atoms with Crippen LogP contribution < -0.4 is 17.7 Å². The molecule has 3 heterocycles. The van der Waals surface area contributed by atoms with Crippen molar-refractivity contribution in [2.75, 3.05) is 0 Å². The predicted octanol–water partition coefficient (Wildman–Crippen LogP) is 8.90. The van der Waals surface area contributed by atoms with Crippen molar-refractivity contribution < 1.29 is 0 Å². The number of nitrogens with zero attached hydrogens (tertiary/aromatic N) is 3. The summed E-state index contributed by atoms with van der Waals surface area (Å²) >= 11 is -3.73. The van der Waals surface area contributed by atoms with Crippen LogP contribution in [0.25, 0.3) is 61.3 Å². The Balaban J connectivity index is 1.35. The van der Waals surface area contributed by atoms with E-state index in [-0.39, 0.29) is 5.41 Å². The van der Waals surface area contributed by atoms with Gasteiger partial charge < -0.3 is 0 Å². The molecule has 53 heavy (non-hydrogen) atoms. The zero-order valence-corrected chi connectivity index (χ0v) is 31.7. The van der Waals surface area contributed by atoms with E-state index in [9.17, 15) is 0 Å². The summed E-state index contributed by atoms with van der Waals surface area (Å²) in [4.78, 5) is 11.7. The minimum absolute atomic E-state index is 0.137. The van der Waals surface area contributed by atoms with Crippen LogP contribution in [0.4, 0.5) is 0 Å². The third-order valence-corrected chi connectivity index (χ3v) is 21.8. The molecule has 0 saturated heterocycles. The van der Waals surface area contributed by atoms with Crippen LogP contribution in [0, 0.1) is 0 Å². The summed E-state index contributed by atoms with van der Waals surface area (Å²) < 4.78 is 7.72. The molecule has 1 aliphatic heterocycles. The van der Waals surface area contributed by atoms with Gasteiger partial charge in [0, 0.05) is 0 Å². The van der Waals surface area contributed by atoms with E-state index in [0.29, 0.717) is 0 Å². The molecule has 2 aliphatic rings. The summed E-state index contributed by atoms with van der Waals surface area (Å²) in [5, 5.41) is 2.43. The molecule has 0 amide bonds. The molecule has 0 atom stereocenters. The molecule has 0 spiro atoms. The monoisotopic (exact) mass is 739 g/mol. The standard InChI is InChI=1S/C49H35GeN3/c1-49(2)39-27-15-12-25-37(39)43-40(49)31-30-36-35-24-14-17-29-42(35)53(46(36)43)48-51-45(32-18-6-3-7-19-32)44-38-26-13-16-28-41(38)50(47(44)52-48,33-20-8-4-9-21-33)34-22-10-5-11-23-34/h3-31H,1-2H3. The van der Waals surface area contributed by atoms with E-state index < -0.39 is 13.3 Å². The predicted molar refractivity (Wildman–Crippen MR) is 222 cm³/mol. The minimum atomic E-state index is -3.73. The Morgan fingerprint density at radius 3 is 1.83 bits per heavy atom. The Kier molecular flexibility index (Phi) is 6.48. The van der Waals surface area contributed by atoms with Crippen molar-refractivity contribution in [3.05, 3.63) is 187 Å². The Morgan fingerprint density at radius 2 is 1.09 bits per heavy atom. The van der Waals surface area contributed by atoms with Gasteiger partial charge in [-0.2, -0.15) is 0 Å². The Hall–Kier alpha value is -6.04. The average molecular weight is 738 g/mol. The van der Waals surface area contributed by atoms with Gasteiger partial charge in [0.05, 0.1) is 0 Å². The second-order valence-electron chi connectivity index (χ2n) is 14.9. The number of fused-ring (bicyclic) bond motifs is 10. The molecule has 0 radical (unpaired) electrons. The van der Waals surface area contributed by atoms with Crippen molar-refractivity contribution in [3.63, 3.8) is 0 Å². The van der Waals surface area contributed by atoms with Crippen LogP contribution in [0.5, 0.6) is 0 Å². The van der Waals surface area contributed by atoms with E-state index in [1.54, 1.807) is 0 Å². The Labute approximate surface area is 311 Å². The number of hydrogen-bond donors (Lipinski definition) is 0. The van der Waals surface area contributed by atoms with Crippen molar-refractivity contribution in [2.24, 2.45) is 0 Å². The number of benzene rings is 7. The van der Waals surface area contributed by atoms with Gasteiger partial charge in [-0.15, -0.1) is 0 Å². The zero-order valence-electron chi connectivity index (χ0n) is 29.6. The topological polar surface area (TPSA) is 30.7 Å². The fourth-order valence-electron chi connectivity index (χ4n) is 9.61. The molecule has 0 N–H and O–H groups in total. The van der Waals surface area contributed by atoms with Crippen LogP contribution >= 0.6 is 0 Å². The maximum absolute atomic E-state index is 5.96. The first-order chi connectivity index (χ1) is 26.1. The number of aromatic nitrogens is 3. The average Bonchev–Trinajstić information content (AvgIpc) is 3.80. The van der Waals surface area contributed by atoms with E-state index in [0.717, 1.165) is 22.7 Å². The van der Waals surface area contributed by atoms with Gasteiger partial charge >= 0.3 is 313 Å². The molecule has 4 heteroatoms. The van der Waals surface area contributed by atoms with Gasteiger partial charge in [0.1, 0.15) is 0 Å². The SMILES string of the molecule is CC1(C)c2ccccc2-c2c1ccc1c3ccccc3n(-c3nc(-c4ccccc4)c4[c](n3)[Ge]([c]3ccccc3)([c]3ccccc3)[c]3ccccc3-4)c21. The van der Waals surface area contributed by atoms with E-state index in [1.165, 1.54) is 67.4 Å². The van der Waals surface area contributed by atoms with E-state index in [1.807, 2.05) is 0 Å².